The molecule has 1 atom stereocenters. The molecular weight excluding hydrogens is 406 g/mol. The third kappa shape index (κ3) is 5.08. The minimum atomic E-state index is -0.544. The molecule has 0 N–H and O–H groups in total. The van der Waals surface area contributed by atoms with E-state index in [1.54, 1.807) is 24.3 Å². The molecule has 1 aromatic heterocycles. The molecule has 1 aliphatic heterocycles. The largest absolute Gasteiger partial charge is 0.457 e. The van der Waals surface area contributed by atoms with Crippen molar-refractivity contribution in [3.05, 3.63) is 83.2 Å². The SMILES string of the molecule is Cc1cc(C(=O)COC(=O)c2ccc(Oc3ccccc3)cc2)c(C)n1C[C@@H]1CCCO1. The van der Waals surface area contributed by atoms with Gasteiger partial charge >= 0.3 is 5.97 Å². The van der Waals surface area contributed by atoms with Gasteiger partial charge in [-0.1, -0.05) is 18.2 Å². The first-order chi connectivity index (χ1) is 15.5. The van der Waals surface area contributed by atoms with Crippen LogP contribution in [0.1, 0.15) is 44.9 Å². The van der Waals surface area contributed by atoms with Gasteiger partial charge in [-0.3, -0.25) is 4.79 Å². The van der Waals surface area contributed by atoms with Gasteiger partial charge in [0.2, 0.25) is 5.78 Å². The number of aromatic nitrogens is 1. The second kappa shape index (κ2) is 9.83. The third-order valence-electron chi connectivity index (χ3n) is 5.69. The van der Waals surface area contributed by atoms with E-state index in [1.807, 2.05) is 50.2 Å². The van der Waals surface area contributed by atoms with Crippen molar-refractivity contribution in [1.82, 2.24) is 4.57 Å². The zero-order valence-electron chi connectivity index (χ0n) is 18.4. The normalized spacial score (nSPS) is 15.5. The van der Waals surface area contributed by atoms with E-state index in [2.05, 4.69) is 4.57 Å². The van der Waals surface area contributed by atoms with Crippen molar-refractivity contribution in [1.29, 1.82) is 0 Å². The van der Waals surface area contributed by atoms with Gasteiger partial charge in [-0.2, -0.15) is 0 Å². The fourth-order valence-corrected chi connectivity index (χ4v) is 3.93. The Morgan fingerprint density at radius 3 is 2.44 bits per heavy atom. The second-order valence-corrected chi connectivity index (χ2v) is 7.97. The van der Waals surface area contributed by atoms with Crippen LogP contribution in [0, 0.1) is 13.8 Å². The molecule has 0 radical (unpaired) electrons. The lowest BCUT2D eigenvalue weighted by atomic mass is 10.1. The van der Waals surface area contributed by atoms with E-state index >= 15 is 0 Å². The molecule has 6 nitrogen and oxygen atoms in total. The lowest BCUT2D eigenvalue weighted by molar-refractivity contribution is 0.0474. The van der Waals surface area contributed by atoms with Crippen LogP contribution < -0.4 is 4.74 Å². The maximum Gasteiger partial charge on any atom is 0.338 e. The van der Waals surface area contributed by atoms with Gasteiger partial charge in [0.1, 0.15) is 11.5 Å². The molecule has 0 saturated carbocycles. The molecule has 32 heavy (non-hydrogen) atoms. The molecule has 2 heterocycles. The molecule has 166 valence electrons. The van der Waals surface area contributed by atoms with Gasteiger partial charge in [-0.05, 0) is 69.2 Å². The zero-order chi connectivity index (χ0) is 22.5. The van der Waals surface area contributed by atoms with Crippen molar-refractivity contribution in [2.24, 2.45) is 0 Å². The summed E-state index contributed by atoms with van der Waals surface area (Å²) in [6.07, 6.45) is 2.30. The number of carbonyl (C=O) groups is 2. The highest BCUT2D eigenvalue weighted by atomic mass is 16.5. The summed E-state index contributed by atoms with van der Waals surface area (Å²) in [7, 11) is 0. The summed E-state index contributed by atoms with van der Waals surface area (Å²) in [6, 6.07) is 17.9. The summed E-state index contributed by atoms with van der Waals surface area (Å²) in [5, 5.41) is 0. The number of nitrogens with zero attached hydrogens (tertiary/aromatic N) is 1. The van der Waals surface area contributed by atoms with Crippen LogP contribution in [0.5, 0.6) is 11.5 Å². The van der Waals surface area contributed by atoms with E-state index in [-0.39, 0.29) is 18.5 Å². The average Bonchev–Trinajstić information content (AvgIpc) is 3.42. The van der Waals surface area contributed by atoms with E-state index in [0.717, 1.165) is 37.4 Å². The Kier molecular flexibility index (Phi) is 6.71. The lowest BCUT2D eigenvalue weighted by Gasteiger charge is -2.14. The van der Waals surface area contributed by atoms with Gasteiger partial charge in [0, 0.05) is 30.1 Å². The number of ether oxygens (including phenoxy) is 3. The highest BCUT2D eigenvalue weighted by molar-refractivity contribution is 6.00. The van der Waals surface area contributed by atoms with Crippen LogP contribution in [0.3, 0.4) is 0 Å². The molecule has 0 spiro atoms. The Bertz CT molecular complexity index is 1080. The molecule has 6 heteroatoms. The van der Waals surface area contributed by atoms with Gasteiger partial charge < -0.3 is 18.8 Å². The first-order valence-electron chi connectivity index (χ1n) is 10.8. The summed E-state index contributed by atoms with van der Waals surface area (Å²) in [5.41, 5.74) is 2.82. The number of rotatable bonds is 8. The number of carbonyl (C=O) groups excluding carboxylic acids is 2. The minimum absolute atomic E-state index is 0.189. The van der Waals surface area contributed by atoms with Crippen molar-refractivity contribution in [3.63, 3.8) is 0 Å². The summed E-state index contributed by atoms with van der Waals surface area (Å²) < 4.78 is 18.8. The van der Waals surface area contributed by atoms with E-state index < -0.39 is 5.97 Å². The number of benzene rings is 2. The number of para-hydroxylation sites is 1. The highest BCUT2D eigenvalue weighted by Crippen LogP contribution is 2.22. The number of ketones is 1. The number of hydrogen-bond donors (Lipinski definition) is 0. The van der Waals surface area contributed by atoms with Crippen LogP contribution >= 0.6 is 0 Å². The van der Waals surface area contributed by atoms with Crippen molar-refractivity contribution >= 4 is 11.8 Å². The predicted octanol–water partition coefficient (Wildman–Crippen LogP) is 5.12. The Balaban J connectivity index is 1.34. The van der Waals surface area contributed by atoms with Crippen LogP contribution in [0.15, 0.2) is 60.7 Å². The van der Waals surface area contributed by atoms with Crippen molar-refractivity contribution in [2.45, 2.75) is 39.3 Å². The molecule has 0 unspecified atom stereocenters. The van der Waals surface area contributed by atoms with E-state index in [9.17, 15) is 9.59 Å². The maximum atomic E-state index is 12.7. The van der Waals surface area contributed by atoms with Crippen LogP contribution in [-0.4, -0.2) is 35.6 Å². The van der Waals surface area contributed by atoms with Gasteiger partial charge in [-0.15, -0.1) is 0 Å². The van der Waals surface area contributed by atoms with E-state index in [4.69, 9.17) is 14.2 Å². The number of hydrogen-bond acceptors (Lipinski definition) is 5. The smallest absolute Gasteiger partial charge is 0.338 e. The topological polar surface area (TPSA) is 66.8 Å². The van der Waals surface area contributed by atoms with Gasteiger partial charge in [0.15, 0.2) is 6.61 Å². The summed E-state index contributed by atoms with van der Waals surface area (Å²) >= 11 is 0. The fraction of sp³-hybridized carbons (Fsp3) is 0.308. The maximum absolute atomic E-state index is 12.7. The monoisotopic (exact) mass is 433 g/mol. The quantitative estimate of drug-likeness (QED) is 0.365. The molecule has 0 bridgehead atoms. The van der Waals surface area contributed by atoms with E-state index in [1.165, 1.54) is 0 Å². The highest BCUT2D eigenvalue weighted by Gasteiger charge is 2.22. The van der Waals surface area contributed by atoms with Crippen LogP contribution in [0.2, 0.25) is 0 Å². The van der Waals surface area contributed by atoms with Crippen molar-refractivity contribution in [2.75, 3.05) is 13.2 Å². The number of esters is 1. The molecule has 1 fully saturated rings. The second-order valence-electron chi connectivity index (χ2n) is 7.97. The molecular formula is C26H27NO5. The van der Waals surface area contributed by atoms with Crippen LogP contribution in [0.25, 0.3) is 0 Å². The van der Waals surface area contributed by atoms with Crippen LogP contribution in [0.4, 0.5) is 0 Å². The lowest BCUT2D eigenvalue weighted by Crippen LogP contribution is -2.18. The summed E-state index contributed by atoms with van der Waals surface area (Å²) in [4.78, 5) is 25.1. The third-order valence-corrected chi connectivity index (χ3v) is 5.69. The standard InChI is InChI=1S/C26H27NO5/c1-18-15-24(19(2)27(18)16-23-9-6-14-30-23)25(28)17-31-26(29)20-10-12-22(13-11-20)32-21-7-4-3-5-8-21/h3-5,7-8,10-13,15,23H,6,9,14,16-17H2,1-2H3/t23-/m0/s1. The Labute approximate surface area is 187 Å². The molecule has 2 aromatic carbocycles. The first-order valence-corrected chi connectivity index (χ1v) is 10.8. The van der Waals surface area contributed by atoms with Gasteiger partial charge in [0.05, 0.1) is 11.7 Å². The van der Waals surface area contributed by atoms with Crippen LogP contribution in [-0.2, 0) is 16.0 Å². The first kappa shape index (κ1) is 21.8. The molecule has 0 aliphatic carbocycles. The van der Waals surface area contributed by atoms with Gasteiger partial charge in [0.25, 0.3) is 0 Å². The molecule has 0 amide bonds. The molecule has 4 rings (SSSR count). The number of Topliss-reactive ketones (excluding diaryl/α,β-unsaturated/α-hetero) is 1. The zero-order valence-corrected chi connectivity index (χ0v) is 18.4. The predicted molar refractivity (Wildman–Crippen MR) is 120 cm³/mol. The molecule has 3 aromatic rings. The Morgan fingerprint density at radius 2 is 1.75 bits per heavy atom. The Morgan fingerprint density at radius 1 is 1.03 bits per heavy atom. The van der Waals surface area contributed by atoms with Crippen molar-refractivity contribution in [3.8, 4) is 11.5 Å². The average molecular weight is 434 g/mol. The summed E-state index contributed by atoms with van der Waals surface area (Å²) in [6.45, 7) is 5.13. The van der Waals surface area contributed by atoms with Gasteiger partial charge in [-0.25, -0.2) is 4.79 Å². The van der Waals surface area contributed by atoms with E-state index in [0.29, 0.717) is 22.6 Å². The number of aryl methyl sites for hydroxylation is 1. The van der Waals surface area contributed by atoms with Crippen molar-refractivity contribution < 1.29 is 23.8 Å². The summed E-state index contributed by atoms with van der Waals surface area (Å²) in [5.74, 6) is 0.569. The molecule has 1 aliphatic rings. The Hall–Kier alpha value is -3.38. The fourth-order valence-electron chi connectivity index (χ4n) is 3.93. The minimum Gasteiger partial charge on any atom is -0.457 e. The molecule has 1 saturated heterocycles.